The Kier molecular flexibility index (Phi) is 5.17. The van der Waals surface area contributed by atoms with Crippen LogP contribution in [0.1, 0.15) is 0 Å². The maximum absolute atomic E-state index is 15.7. The van der Waals surface area contributed by atoms with Crippen LogP contribution in [0.5, 0.6) is 0 Å². The molecule has 0 N–H and O–H groups in total. The molecule has 9 rings (SSSR count). The van der Waals surface area contributed by atoms with Gasteiger partial charge in [0.05, 0.1) is 21.9 Å². The van der Waals surface area contributed by atoms with Crippen molar-refractivity contribution in [3.8, 4) is 27.9 Å². The topological polar surface area (TPSA) is 34.9 Å². The Morgan fingerprint density at radius 3 is 2.23 bits per heavy atom. The Hall–Kier alpha value is -5.24. The molecular formula is C39H25N2OP. The van der Waals surface area contributed by atoms with Gasteiger partial charge in [-0.05, 0) is 52.6 Å². The van der Waals surface area contributed by atoms with E-state index in [1.807, 2.05) is 54.7 Å². The molecule has 1 aliphatic rings. The summed E-state index contributed by atoms with van der Waals surface area (Å²) in [5.74, 6) is 0. The van der Waals surface area contributed by atoms with Crippen molar-refractivity contribution in [2.24, 2.45) is 0 Å². The van der Waals surface area contributed by atoms with Crippen LogP contribution in [-0.4, -0.2) is 9.55 Å². The van der Waals surface area contributed by atoms with E-state index >= 15 is 4.57 Å². The second-order valence-corrected chi connectivity index (χ2v) is 13.8. The summed E-state index contributed by atoms with van der Waals surface area (Å²) in [6.45, 7) is 0. The third kappa shape index (κ3) is 3.43. The quantitative estimate of drug-likeness (QED) is 0.200. The fourth-order valence-electron chi connectivity index (χ4n) is 6.90. The van der Waals surface area contributed by atoms with Gasteiger partial charge in [-0.2, -0.15) is 0 Å². The van der Waals surface area contributed by atoms with Crippen molar-refractivity contribution in [1.29, 1.82) is 0 Å². The molecule has 6 aromatic carbocycles. The van der Waals surface area contributed by atoms with Crippen LogP contribution in [0.4, 0.5) is 0 Å². The van der Waals surface area contributed by atoms with Crippen molar-refractivity contribution in [3.63, 3.8) is 0 Å². The maximum atomic E-state index is 15.7. The SMILES string of the molecule is O=P1(c2ccccc2)c2ccccc2-c2ccc3c4ccccc4n(-c4ccc(-c5ccc6cccnc6c5)cc4)c3c21. The zero-order valence-corrected chi connectivity index (χ0v) is 24.1. The van der Waals surface area contributed by atoms with E-state index in [9.17, 15) is 0 Å². The van der Waals surface area contributed by atoms with Gasteiger partial charge in [-0.3, -0.25) is 4.98 Å². The molecule has 0 spiro atoms. The predicted molar refractivity (Wildman–Crippen MR) is 180 cm³/mol. The van der Waals surface area contributed by atoms with Gasteiger partial charge in [-0.15, -0.1) is 0 Å². The molecule has 3 heterocycles. The number of rotatable bonds is 3. The number of hydrogen-bond donors (Lipinski definition) is 0. The highest BCUT2D eigenvalue weighted by Crippen LogP contribution is 2.54. The van der Waals surface area contributed by atoms with Gasteiger partial charge >= 0.3 is 0 Å². The largest absolute Gasteiger partial charge is 0.309 e. The van der Waals surface area contributed by atoms with E-state index in [0.717, 1.165) is 76.6 Å². The number of hydrogen-bond acceptors (Lipinski definition) is 2. The molecule has 1 aliphatic heterocycles. The van der Waals surface area contributed by atoms with E-state index in [0.29, 0.717) is 0 Å². The fourth-order valence-corrected chi connectivity index (χ4v) is 10.1. The first-order valence-electron chi connectivity index (χ1n) is 14.5. The summed E-state index contributed by atoms with van der Waals surface area (Å²) in [7, 11) is -3.16. The Bertz CT molecular complexity index is 2420. The summed E-state index contributed by atoms with van der Waals surface area (Å²) in [6.07, 6.45) is 1.84. The molecule has 0 saturated heterocycles. The molecule has 202 valence electrons. The van der Waals surface area contributed by atoms with Gasteiger partial charge in [0, 0.05) is 38.7 Å². The maximum Gasteiger partial charge on any atom is 0.174 e. The normalized spacial score (nSPS) is 15.6. The molecule has 0 saturated carbocycles. The van der Waals surface area contributed by atoms with Gasteiger partial charge in [-0.1, -0.05) is 115 Å². The van der Waals surface area contributed by atoms with Crippen molar-refractivity contribution in [2.75, 3.05) is 0 Å². The molecule has 0 radical (unpaired) electrons. The molecule has 0 bridgehead atoms. The Labute approximate surface area is 249 Å². The van der Waals surface area contributed by atoms with Crippen molar-refractivity contribution < 1.29 is 4.57 Å². The van der Waals surface area contributed by atoms with E-state index in [4.69, 9.17) is 0 Å². The Morgan fingerprint density at radius 1 is 0.581 bits per heavy atom. The van der Waals surface area contributed by atoms with Crippen LogP contribution in [0.15, 0.2) is 152 Å². The molecule has 0 aliphatic carbocycles. The fraction of sp³-hybridized carbons (Fsp3) is 0. The monoisotopic (exact) mass is 568 g/mol. The smallest absolute Gasteiger partial charge is 0.174 e. The first-order chi connectivity index (χ1) is 21.2. The van der Waals surface area contributed by atoms with E-state index in [1.54, 1.807) is 0 Å². The average molecular weight is 569 g/mol. The minimum atomic E-state index is -3.16. The minimum Gasteiger partial charge on any atom is -0.309 e. The van der Waals surface area contributed by atoms with Crippen LogP contribution >= 0.6 is 7.14 Å². The van der Waals surface area contributed by atoms with Crippen LogP contribution in [0.25, 0.3) is 60.6 Å². The van der Waals surface area contributed by atoms with Gasteiger partial charge in [0.2, 0.25) is 0 Å². The summed E-state index contributed by atoms with van der Waals surface area (Å²) < 4.78 is 18.0. The van der Waals surface area contributed by atoms with E-state index < -0.39 is 7.14 Å². The third-order valence-corrected chi connectivity index (χ3v) is 12.0. The van der Waals surface area contributed by atoms with Crippen LogP contribution < -0.4 is 15.9 Å². The number of para-hydroxylation sites is 1. The second kappa shape index (κ2) is 9.13. The molecule has 0 fully saturated rings. The van der Waals surface area contributed by atoms with Gasteiger partial charge in [0.25, 0.3) is 0 Å². The van der Waals surface area contributed by atoms with Crippen LogP contribution in [0.3, 0.4) is 0 Å². The summed E-state index contributed by atoms with van der Waals surface area (Å²) in [6, 6.07) is 50.3. The molecule has 43 heavy (non-hydrogen) atoms. The summed E-state index contributed by atoms with van der Waals surface area (Å²) in [5, 5.41) is 6.11. The number of aromatic nitrogens is 2. The van der Waals surface area contributed by atoms with Crippen molar-refractivity contribution in [1.82, 2.24) is 9.55 Å². The number of benzene rings is 6. The zero-order chi connectivity index (χ0) is 28.5. The molecule has 1 unspecified atom stereocenters. The Morgan fingerprint density at radius 2 is 1.35 bits per heavy atom. The molecule has 8 aromatic rings. The predicted octanol–water partition coefficient (Wildman–Crippen LogP) is 8.62. The molecular weight excluding hydrogens is 543 g/mol. The lowest BCUT2D eigenvalue weighted by molar-refractivity contribution is 0.593. The number of nitrogens with zero attached hydrogens (tertiary/aromatic N) is 2. The third-order valence-electron chi connectivity index (χ3n) is 8.84. The van der Waals surface area contributed by atoms with Crippen LogP contribution in [-0.2, 0) is 4.57 Å². The molecule has 2 aromatic heterocycles. The summed E-state index contributed by atoms with van der Waals surface area (Å²) >= 11 is 0. The molecule has 4 heteroatoms. The molecule has 3 nitrogen and oxygen atoms in total. The number of pyridine rings is 1. The lowest BCUT2D eigenvalue weighted by Crippen LogP contribution is -2.22. The first-order valence-corrected chi connectivity index (χ1v) is 16.2. The highest BCUT2D eigenvalue weighted by Gasteiger charge is 2.42. The van der Waals surface area contributed by atoms with E-state index in [1.165, 1.54) is 0 Å². The summed E-state index contributed by atoms with van der Waals surface area (Å²) in [5.41, 5.74) is 8.52. The van der Waals surface area contributed by atoms with Crippen molar-refractivity contribution in [2.45, 2.75) is 0 Å². The summed E-state index contributed by atoms with van der Waals surface area (Å²) in [4.78, 5) is 4.55. The Balaban J connectivity index is 1.33. The average Bonchev–Trinajstić information content (AvgIpc) is 3.55. The van der Waals surface area contributed by atoms with E-state index in [2.05, 4.69) is 107 Å². The molecule has 0 amide bonds. The van der Waals surface area contributed by atoms with Gasteiger partial charge in [-0.25, -0.2) is 0 Å². The zero-order valence-electron chi connectivity index (χ0n) is 23.2. The lowest BCUT2D eigenvalue weighted by atomic mass is 10.0. The lowest BCUT2D eigenvalue weighted by Gasteiger charge is -2.18. The highest BCUT2D eigenvalue weighted by molar-refractivity contribution is 7.86. The van der Waals surface area contributed by atoms with Crippen molar-refractivity contribution >= 4 is 55.8 Å². The van der Waals surface area contributed by atoms with Crippen LogP contribution in [0.2, 0.25) is 0 Å². The van der Waals surface area contributed by atoms with Gasteiger partial charge in [0.15, 0.2) is 7.14 Å². The van der Waals surface area contributed by atoms with Gasteiger partial charge in [0.1, 0.15) is 0 Å². The second-order valence-electron chi connectivity index (χ2n) is 11.1. The molecule has 1 atom stereocenters. The minimum absolute atomic E-state index is 0.866. The number of fused-ring (bicyclic) bond motifs is 8. The first kappa shape index (κ1) is 24.4. The van der Waals surface area contributed by atoms with Crippen molar-refractivity contribution in [3.05, 3.63) is 152 Å². The highest BCUT2D eigenvalue weighted by atomic mass is 31.2. The van der Waals surface area contributed by atoms with Gasteiger partial charge < -0.3 is 9.13 Å². The van der Waals surface area contributed by atoms with Crippen LogP contribution in [0, 0.1) is 0 Å². The van der Waals surface area contributed by atoms with E-state index in [-0.39, 0.29) is 0 Å². The standard InChI is InChI=1S/C39H25N2OP/c42-43(30-10-2-1-3-11-30)37-15-7-5-13-32(37)34-23-22-33-31-12-4-6-14-36(31)41(38(33)39(34)43)29-20-18-26(19-21-29)28-17-16-27-9-8-24-40-35(27)25-28/h1-25H.